The number of rotatable bonds is 4. The van der Waals surface area contributed by atoms with E-state index in [4.69, 9.17) is 9.84 Å². The van der Waals surface area contributed by atoms with Gasteiger partial charge in [-0.05, 0) is 42.8 Å². The van der Waals surface area contributed by atoms with Crippen molar-refractivity contribution >= 4 is 21.9 Å². The number of aryl methyl sites for hydroxylation is 1. The molecule has 0 aromatic heterocycles. The molecule has 0 saturated carbocycles. The second-order valence-electron chi connectivity index (χ2n) is 4.31. The zero-order valence-electron chi connectivity index (χ0n) is 10.8. The molecule has 0 aliphatic heterocycles. The van der Waals surface area contributed by atoms with Gasteiger partial charge in [0, 0.05) is 10.0 Å². The Balaban J connectivity index is 2.25. The van der Waals surface area contributed by atoms with Gasteiger partial charge in [0.1, 0.15) is 18.1 Å². The number of hydrogen-bond acceptors (Lipinski definition) is 3. The minimum atomic E-state index is -0.993. The van der Waals surface area contributed by atoms with Crippen LogP contribution in [0.15, 0.2) is 40.9 Å². The van der Waals surface area contributed by atoms with Crippen molar-refractivity contribution < 1.29 is 19.7 Å². The first-order valence-electron chi connectivity index (χ1n) is 5.92. The number of benzene rings is 2. The van der Waals surface area contributed by atoms with Crippen LogP contribution in [0.4, 0.5) is 0 Å². The number of halogens is 1. The van der Waals surface area contributed by atoms with Crippen LogP contribution in [0.3, 0.4) is 0 Å². The van der Waals surface area contributed by atoms with Crippen LogP contribution in [0.1, 0.15) is 21.5 Å². The van der Waals surface area contributed by atoms with Crippen molar-refractivity contribution in [3.05, 3.63) is 57.6 Å². The average Bonchev–Trinajstić information content (AvgIpc) is 2.38. The lowest BCUT2D eigenvalue weighted by molar-refractivity contribution is 0.0694. The Kier molecular flexibility index (Phi) is 4.29. The van der Waals surface area contributed by atoms with Crippen molar-refractivity contribution in [1.82, 2.24) is 0 Å². The van der Waals surface area contributed by atoms with Gasteiger partial charge in [0.2, 0.25) is 0 Å². The van der Waals surface area contributed by atoms with Gasteiger partial charge in [0.05, 0.1) is 5.56 Å². The Morgan fingerprint density at radius 2 is 2.05 bits per heavy atom. The summed E-state index contributed by atoms with van der Waals surface area (Å²) in [5.74, 6) is -0.218. The number of phenols is 1. The van der Waals surface area contributed by atoms with Crippen LogP contribution in [-0.2, 0) is 6.61 Å². The molecule has 0 aliphatic rings. The van der Waals surface area contributed by atoms with Gasteiger partial charge in [-0.3, -0.25) is 0 Å². The van der Waals surface area contributed by atoms with E-state index in [0.717, 1.165) is 5.56 Å². The monoisotopic (exact) mass is 336 g/mol. The minimum absolute atomic E-state index is 0.134. The topological polar surface area (TPSA) is 66.8 Å². The maximum Gasteiger partial charge on any atom is 0.336 e. The SMILES string of the molecule is Cc1cc(O)ccc1OCc1c(Br)cccc1C(=O)O. The van der Waals surface area contributed by atoms with E-state index in [1.54, 1.807) is 24.3 Å². The first-order chi connectivity index (χ1) is 9.49. The van der Waals surface area contributed by atoms with Gasteiger partial charge >= 0.3 is 5.97 Å². The summed E-state index contributed by atoms with van der Waals surface area (Å²) in [7, 11) is 0. The molecular formula is C15H13BrO4. The van der Waals surface area contributed by atoms with Gasteiger partial charge in [-0.2, -0.15) is 0 Å². The summed E-state index contributed by atoms with van der Waals surface area (Å²) in [5, 5.41) is 18.5. The fourth-order valence-electron chi connectivity index (χ4n) is 1.85. The summed E-state index contributed by atoms with van der Waals surface area (Å²) in [5.41, 5.74) is 1.57. The van der Waals surface area contributed by atoms with E-state index in [1.165, 1.54) is 12.1 Å². The molecule has 2 aromatic rings. The van der Waals surface area contributed by atoms with Crippen molar-refractivity contribution in [2.45, 2.75) is 13.5 Å². The standard InChI is InChI=1S/C15H13BrO4/c1-9-7-10(17)5-6-14(9)20-8-12-11(15(18)19)3-2-4-13(12)16/h2-7,17H,8H2,1H3,(H,18,19). The predicted molar refractivity (Wildman–Crippen MR) is 78.3 cm³/mol. The summed E-state index contributed by atoms with van der Waals surface area (Å²) < 4.78 is 6.33. The molecule has 20 heavy (non-hydrogen) atoms. The second kappa shape index (κ2) is 5.96. The number of hydrogen-bond donors (Lipinski definition) is 2. The van der Waals surface area contributed by atoms with E-state index < -0.39 is 5.97 Å². The number of carbonyl (C=O) groups is 1. The summed E-state index contributed by atoms with van der Waals surface area (Å²) in [6.07, 6.45) is 0. The molecule has 2 aromatic carbocycles. The Morgan fingerprint density at radius 3 is 2.70 bits per heavy atom. The van der Waals surface area contributed by atoms with Gasteiger partial charge < -0.3 is 14.9 Å². The van der Waals surface area contributed by atoms with E-state index in [2.05, 4.69) is 15.9 Å². The normalized spacial score (nSPS) is 10.3. The number of aromatic carboxylic acids is 1. The lowest BCUT2D eigenvalue weighted by Gasteiger charge is -2.12. The Hall–Kier alpha value is -2.01. The van der Waals surface area contributed by atoms with Crippen LogP contribution in [0.25, 0.3) is 0 Å². The van der Waals surface area contributed by atoms with Crippen LogP contribution >= 0.6 is 15.9 Å². The summed E-state index contributed by atoms with van der Waals surface area (Å²) >= 11 is 3.34. The van der Waals surface area contributed by atoms with Gasteiger partial charge in [-0.1, -0.05) is 22.0 Å². The average molecular weight is 337 g/mol. The van der Waals surface area contributed by atoms with Crippen LogP contribution in [0.5, 0.6) is 11.5 Å². The first kappa shape index (κ1) is 14.4. The number of carboxylic acids is 1. The third-order valence-electron chi connectivity index (χ3n) is 2.88. The molecule has 104 valence electrons. The van der Waals surface area contributed by atoms with Crippen molar-refractivity contribution in [3.63, 3.8) is 0 Å². The highest BCUT2D eigenvalue weighted by Gasteiger charge is 2.13. The molecule has 5 heteroatoms. The zero-order valence-corrected chi connectivity index (χ0v) is 12.3. The summed E-state index contributed by atoms with van der Waals surface area (Å²) in [6, 6.07) is 9.75. The molecular weight excluding hydrogens is 324 g/mol. The predicted octanol–water partition coefficient (Wildman–Crippen LogP) is 3.74. The highest BCUT2D eigenvalue weighted by molar-refractivity contribution is 9.10. The smallest absolute Gasteiger partial charge is 0.336 e. The van der Waals surface area contributed by atoms with E-state index in [-0.39, 0.29) is 17.9 Å². The van der Waals surface area contributed by atoms with Crippen LogP contribution in [-0.4, -0.2) is 16.2 Å². The van der Waals surface area contributed by atoms with Crippen LogP contribution < -0.4 is 4.74 Å². The fraction of sp³-hybridized carbons (Fsp3) is 0.133. The summed E-state index contributed by atoms with van der Waals surface area (Å²) in [4.78, 5) is 11.2. The highest BCUT2D eigenvalue weighted by Crippen LogP contribution is 2.26. The Labute approximate surface area is 124 Å². The lowest BCUT2D eigenvalue weighted by Crippen LogP contribution is -2.06. The summed E-state index contributed by atoms with van der Waals surface area (Å²) in [6.45, 7) is 1.95. The number of phenolic OH excluding ortho intramolecular Hbond substituents is 1. The van der Waals surface area contributed by atoms with Gasteiger partial charge in [0.15, 0.2) is 0 Å². The van der Waals surface area contributed by atoms with Gasteiger partial charge in [-0.25, -0.2) is 4.79 Å². The van der Waals surface area contributed by atoms with Crippen molar-refractivity contribution in [2.75, 3.05) is 0 Å². The molecule has 0 aliphatic carbocycles. The van der Waals surface area contributed by atoms with Crippen molar-refractivity contribution in [3.8, 4) is 11.5 Å². The second-order valence-corrected chi connectivity index (χ2v) is 5.16. The molecule has 0 saturated heterocycles. The number of carboxylic acid groups (broad SMARTS) is 1. The number of aromatic hydroxyl groups is 1. The first-order valence-corrected chi connectivity index (χ1v) is 6.71. The molecule has 0 heterocycles. The number of ether oxygens (including phenoxy) is 1. The van der Waals surface area contributed by atoms with Crippen molar-refractivity contribution in [1.29, 1.82) is 0 Å². The van der Waals surface area contributed by atoms with E-state index in [9.17, 15) is 9.90 Å². The molecule has 4 nitrogen and oxygen atoms in total. The molecule has 0 spiro atoms. The molecule has 0 radical (unpaired) electrons. The Bertz CT molecular complexity index is 652. The molecule has 0 fully saturated rings. The van der Waals surface area contributed by atoms with Crippen LogP contribution in [0.2, 0.25) is 0 Å². The van der Waals surface area contributed by atoms with E-state index >= 15 is 0 Å². The van der Waals surface area contributed by atoms with Crippen LogP contribution in [0, 0.1) is 6.92 Å². The molecule has 2 rings (SSSR count). The third-order valence-corrected chi connectivity index (χ3v) is 3.62. The van der Waals surface area contributed by atoms with E-state index in [0.29, 0.717) is 15.8 Å². The largest absolute Gasteiger partial charge is 0.508 e. The molecule has 0 atom stereocenters. The van der Waals surface area contributed by atoms with E-state index in [1.807, 2.05) is 6.92 Å². The molecule has 2 N–H and O–H groups in total. The minimum Gasteiger partial charge on any atom is -0.508 e. The maximum atomic E-state index is 11.2. The molecule has 0 amide bonds. The molecule has 0 unspecified atom stereocenters. The lowest BCUT2D eigenvalue weighted by atomic mass is 10.1. The fourth-order valence-corrected chi connectivity index (χ4v) is 2.33. The maximum absolute atomic E-state index is 11.2. The zero-order chi connectivity index (χ0) is 14.7. The van der Waals surface area contributed by atoms with Gasteiger partial charge in [-0.15, -0.1) is 0 Å². The highest BCUT2D eigenvalue weighted by atomic mass is 79.9. The molecule has 0 bridgehead atoms. The third kappa shape index (κ3) is 3.11. The van der Waals surface area contributed by atoms with Gasteiger partial charge in [0.25, 0.3) is 0 Å². The van der Waals surface area contributed by atoms with Crippen molar-refractivity contribution in [2.24, 2.45) is 0 Å². The Morgan fingerprint density at radius 1 is 1.30 bits per heavy atom. The quantitative estimate of drug-likeness (QED) is 0.892.